The number of rotatable bonds is 6. The first kappa shape index (κ1) is 18.1. The number of methoxy groups -OCH3 is 1. The first-order valence-electron chi connectivity index (χ1n) is 8.26. The summed E-state index contributed by atoms with van der Waals surface area (Å²) in [4.78, 5) is 12.8. The highest BCUT2D eigenvalue weighted by Crippen LogP contribution is 2.24. The number of nitriles is 1. The topological polar surface area (TPSA) is 79.9 Å². The molecule has 0 atom stereocenters. The monoisotopic (exact) mass is 364 g/mol. The van der Waals surface area contributed by atoms with E-state index in [1.807, 2.05) is 6.07 Å². The van der Waals surface area contributed by atoms with Crippen LogP contribution in [0.3, 0.4) is 0 Å². The fourth-order valence-electron chi connectivity index (χ4n) is 2.56. The summed E-state index contributed by atoms with van der Waals surface area (Å²) in [6, 6.07) is 14.8. The van der Waals surface area contributed by atoms with Gasteiger partial charge < -0.3 is 10.1 Å². The van der Waals surface area contributed by atoms with Gasteiger partial charge in [0.2, 0.25) is 0 Å². The van der Waals surface area contributed by atoms with E-state index in [0.717, 1.165) is 0 Å². The molecule has 1 aromatic heterocycles. The van der Waals surface area contributed by atoms with E-state index in [1.165, 1.54) is 12.1 Å². The maximum Gasteiger partial charge on any atom is 0.259 e. The molecule has 0 radical (unpaired) electrons. The van der Waals surface area contributed by atoms with Gasteiger partial charge in [-0.3, -0.25) is 9.48 Å². The molecule has 136 valence electrons. The highest BCUT2D eigenvalue weighted by Gasteiger charge is 2.18. The molecule has 1 heterocycles. The number of aryl methyl sites for hydroxylation is 1. The van der Waals surface area contributed by atoms with Crippen molar-refractivity contribution in [3.63, 3.8) is 0 Å². The zero-order chi connectivity index (χ0) is 19.2. The standard InChI is InChI=1S/C20H17FN4O2/c1-27-17-9-7-16(8-10-17)23-20(26)18-13-25(12-2-11-22)24-19(18)14-3-5-15(21)6-4-14/h3-10,13H,2,12H2,1H3,(H,23,26). The number of ether oxygens (including phenoxy) is 1. The van der Waals surface area contributed by atoms with Crippen molar-refractivity contribution in [3.05, 3.63) is 66.1 Å². The molecule has 3 rings (SSSR count). The third kappa shape index (κ3) is 4.30. The summed E-state index contributed by atoms with van der Waals surface area (Å²) in [6.07, 6.45) is 1.86. The molecule has 0 unspecified atom stereocenters. The first-order chi connectivity index (χ1) is 13.1. The van der Waals surface area contributed by atoms with E-state index in [4.69, 9.17) is 10.00 Å². The largest absolute Gasteiger partial charge is 0.497 e. The Bertz CT molecular complexity index is 973. The van der Waals surface area contributed by atoms with E-state index in [-0.39, 0.29) is 18.1 Å². The van der Waals surface area contributed by atoms with Crippen molar-refractivity contribution in [2.45, 2.75) is 13.0 Å². The SMILES string of the molecule is COc1ccc(NC(=O)c2cn(CCC#N)nc2-c2ccc(F)cc2)cc1. The van der Waals surface area contributed by atoms with Crippen molar-refractivity contribution >= 4 is 11.6 Å². The number of anilines is 1. The smallest absolute Gasteiger partial charge is 0.259 e. The molecule has 0 saturated carbocycles. The van der Waals surface area contributed by atoms with Crippen LogP contribution in [0.2, 0.25) is 0 Å². The highest BCUT2D eigenvalue weighted by molar-refractivity contribution is 6.08. The van der Waals surface area contributed by atoms with Gasteiger partial charge >= 0.3 is 0 Å². The van der Waals surface area contributed by atoms with Gasteiger partial charge in [0.05, 0.1) is 31.7 Å². The van der Waals surface area contributed by atoms with Crippen LogP contribution >= 0.6 is 0 Å². The summed E-state index contributed by atoms with van der Waals surface area (Å²) < 4.78 is 19.9. The van der Waals surface area contributed by atoms with E-state index in [1.54, 1.807) is 54.4 Å². The van der Waals surface area contributed by atoms with E-state index in [0.29, 0.717) is 34.8 Å². The molecule has 0 saturated heterocycles. The minimum atomic E-state index is -0.369. The lowest BCUT2D eigenvalue weighted by Gasteiger charge is -2.06. The number of amides is 1. The summed E-state index contributed by atoms with van der Waals surface area (Å²) in [5.41, 5.74) is 2.00. The summed E-state index contributed by atoms with van der Waals surface area (Å²) in [5.74, 6) is -0.0288. The number of aromatic nitrogens is 2. The molecule has 0 fully saturated rings. The molecule has 0 aliphatic rings. The number of nitrogens with zero attached hydrogens (tertiary/aromatic N) is 3. The van der Waals surface area contributed by atoms with E-state index < -0.39 is 0 Å². The van der Waals surface area contributed by atoms with Crippen LogP contribution in [0.5, 0.6) is 5.75 Å². The molecule has 0 spiro atoms. The van der Waals surface area contributed by atoms with Crippen LogP contribution in [0.4, 0.5) is 10.1 Å². The Balaban J connectivity index is 1.91. The van der Waals surface area contributed by atoms with Crippen LogP contribution in [0, 0.1) is 17.1 Å². The average molecular weight is 364 g/mol. The summed E-state index contributed by atoms with van der Waals surface area (Å²) in [5, 5.41) is 16.0. The summed E-state index contributed by atoms with van der Waals surface area (Å²) >= 11 is 0. The second kappa shape index (κ2) is 8.15. The fourth-order valence-corrected chi connectivity index (χ4v) is 2.56. The van der Waals surface area contributed by atoms with E-state index in [2.05, 4.69) is 10.4 Å². The van der Waals surface area contributed by atoms with Crippen LogP contribution < -0.4 is 10.1 Å². The maximum atomic E-state index is 13.2. The summed E-state index contributed by atoms with van der Waals surface area (Å²) in [7, 11) is 1.57. The van der Waals surface area contributed by atoms with Crippen LogP contribution in [-0.4, -0.2) is 22.8 Å². The van der Waals surface area contributed by atoms with Crippen molar-refractivity contribution in [1.29, 1.82) is 5.26 Å². The van der Waals surface area contributed by atoms with Crippen molar-refractivity contribution in [2.75, 3.05) is 12.4 Å². The Kier molecular flexibility index (Phi) is 5.47. The Morgan fingerprint density at radius 1 is 1.22 bits per heavy atom. The summed E-state index contributed by atoms with van der Waals surface area (Å²) in [6.45, 7) is 0.362. The minimum Gasteiger partial charge on any atom is -0.497 e. The van der Waals surface area contributed by atoms with E-state index >= 15 is 0 Å². The zero-order valence-corrected chi connectivity index (χ0v) is 14.6. The third-order valence-corrected chi connectivity index (χ3v) is 3.92. The molecule has 0 aliphatic carbocycles. The van der Waals surface area contributed by atoms with Crippen molar-refractivity contribution < 1.29 is 13.9 Å². The number of carbonyl (C=O) groups is 1. The second-order valence-corrected chi connectivity index (χ2v) is 5.75. The molecule has 3 aromatic rings. The lowest BCUT2D eigenvalue weighted by atomic mass is 10.1. The van der Waals surface area contributed by atoms with Crippen LogP contribution in [-0.2, 0) is 6.54 Å². The highest BCUT2D eigenvalue weighted by atomic mass is 19.1. The molecule has 1 N–H and O–H groups in total. The van der Waals surface area contributed by atoms with Crippen molar-refractivity contribution in [2.24, 2.45) is 0 Å². The predicted octanol–water partition coefficient (Wildman–Crippen LogP) is 3.86. The molecule has 2 aromatic carbocycles. The van der Waals surface area contributed by atoms with Gasteiger partial charge in [-0.05, 0) is 48.5 Å². The van der Waals surface area contributed by atoms with Gasteiger partial charge in [0.25, 0.3) is 5.91 Å². The number of hydrogen-bond acceptors (Lipinski definition) is 4. The second-order valence-electron chi connectivity index (χ2n) is 5.75. The maximum absolute atomic E-state index is 13.2. The molecule has 27 heavy (non-hydrogen) atoms. The van der Waals surface area contributed by atoms with Crippen LogP contribution in [0.1, 0.15) is 16.8 Å². The Hall–Kier alpha value is -3.66. The quantitative estimate of drug-likeness (QED) is 0.720. The van der Waals surface area contributed by atoms with Gasteiger partial charge in [-0.15, -0.1) is 0 Å². The fraction of sp³-hybridized carbons (Fsp3) is 0.150. The Morgan fingerprint density at radius 2 is 1.93 bits per heavy atom. The van der Waals surface area contributed by atoms with Gasteiger partial charge in [0, 0.05) is 17.4 Å². The lowest BCUT2D eigenvalue weighted by molar-refractivity contribution is 0.102. The number of halogens is 1. The molecule has 6 nitrogen and oxygen atoms in total. The number of carbonyl (C=O) groups excluding carboxylic acids is 1. The van der Waals surface area contributed by atoms with Crippen LogP contribution in [0.25, 0.3) is 11.3 Å². The van der Waals surface area contributed by atoms with Crippen LogP contribution in [0.15, 0.2) is 54.7 Å². The minimum absolute atomic E-state index is 0.268. The lowest BCUT2D eigenvalue weighted by Crippen LogP contribution is -2.12. The molecular weight excluding hydrogens is 347 g/mol. The number of hydrogen-bond donors (Lipinski definition) is 1. The molecular formula is C20H17FN4O2. The molecule has 7 heteroatoms. The zero-order valence-electron chi connectivity index (χ0n) is 14.6. The number of nitrogens with one attached hydrogen (secondary N) is 1. The Morgan fingerprint density at radius 3 is 2.56 bits per heavy atom. The van der Waals surface area contributed by atoms with Crippen molar-refractivity contribution in [3.8, 4) is 23.1 Å². The third-order valence-electron chi connectivity index (χ3n) is 3.92. The van der Waals surface area contributed by atoms with Gasteiger partial charge in [-0.2, -0.15) is 10.4 Å². The first-order valence-corrected chi connectivity index (χ1v) is 8.26. The normalized spacial score (nSPS) is 10.3. The molecule has 0 bridgehead atoms. The Labute approximate surface area is 155 Å². The molecule has 0 aliphatic heterocycles. The predicted molar refractivity (Wildman–Crippen MR) is 98.8 cm³/mol. The van der Waals surface area contributed by atoms with E-state index in [9.17, 15) is 9.18 Å². The average Bonchev–Trinajstić information content (AvgIpc) is 3.12. The number of benzene rings is 2. The van der Waals surface area contributed by atoms with Gasteiger partial charge in [-0.1, -0.05) is 0 Å². The van der Waals surface area contributed by atoms with Crippen molar-refractivity contribution in [1.82, 2.24) is 9.78 Å². The van der Waals surface area contributed by atoms with Gasteiger partial charge in [-0.25, -0.2) is 4.39 Å². The van der Waals surface area contributed by atoms with Gasteiger partial charge in [0.15, 0.2) is 0 Å². The molecule has 1 amide bonds. The van der Waals surface area contributed by atoms with Gasteiger partial charge in [0.1, 0.15) is 17.3 Å².